The molecule has 0 fully saturated rings. The summed E-state index contributed by atoms with van der Waals surface area (Å²) in [5.41, 5.74) is 3.53. The fraction of sp³-hybridized carbons (Fsp3) is 0.300. The van der Waals surface area contributed by atoms with Crippen molar-refractivity contribution in [2.24, 2.45) is 4.99 Å². The third-order valence-corrected chi connectivity index (χ3v) is 1.36. The van der Waals surface area contributed by atoms with Gasteiger partial charge in [0, 0.05) is 6.21 Å². The van der Waals surface area contributed by atoms with Gasteiger partial charge in [-0.05, 0) is 31.1 Å². The molecule has 1 aliphatic heterocycles. The number of nitrogens with zero attached hydrogens (tertiary/aromatic N) is 1. The summed E-state index contributed by atoms with van der Waals surface area (Å²) in [6.45, 7) is 8.75. The molecule has 0 radical (unpaired) electrons. The van der Waals surface area contributed by atoms with Crippen molar-refractivity contribution < 1.29 is 0 Å². The Morgan fingerprint density at radius 1 is 1.64 bits per heavy atom. The first-order valence-corrected chi connectivity index (χ1v) is 3.72. The summed E-state index contributed by atoms with van der Waals surface area (Å²) in [5.74, 6) is 0. The third-order valence-electron chi connectivity index (χ3n) is 1.36. The summed E-state index contributed by atoms with van der Waals surface area (Å²) in [7, 11) is 0. The van der Waals surface area contributed by atoms with Gasteiger partial charge in [0.15, 0.2) is 0 Å². The van der Waals surface area contributed by atoms with Crippen molar-refractivity contribution in [1.82, 2.24) is 0 Å². The quantitative estimate of drug-likeness (QED) is 0.540. The molecular formula is C10H13N. The normalized spacial score (nSPS) is 16.2. The van der Waals surface area contributed by atoms with Gasteiger partial charge in [0.1, 0.15) is 0 Å². The Bertz CT molecular complexity index is 250. The predicted octanol–water partition coefficient (Wildman–Crippen LogP) is 2.52. The van der Waals surface area contributed by atoms with E-state index in [2.05, 4.69) is 37.6 Å². The van der Waals surface area contributed by atoms with Crippen LogP contribution < -0.4 is 0 Å². The fourth-order valence-electron chi connectivity index (χ4n) is 0.999. The van der Waals surface area contributed by atoms with Gasteiger partial charge in [-0.2, -0.15) is 0 Å². The van der Waals surface area contributed by atoms with Gasteiger partial charge in [0.25, 0.3) is 0 Å². The Kier molecular flexibility index (Phi) is 2.42. The van der Waals surface area contributed by atoms with Crippen LogP contribution in [0.25, 0.3) is 0 Å². The SMILES string of the molecule is C=C1C=C(C=C(C)C)C=NC1. The van der Waals surface area contributed by atoms with Crippen molar-refractivity contribution in [3.63, 3.8) is 0 Å². The van der Waals surface area contributed by atoms with Crippen molar-refractivity contribution in [3.05, 3.63) is 35.5 Å². The highest BCUT2D eigenvalue weighted by molar-refractivity contribution is 5.84. The average molecular weight is 147 g/mol. The number of rotatable bonds is 1. The predicted molar refractivity (Wildman–Crippen MR) is 50.0 cm³/mol. The second-order valence-corrected chi connectivity index (χ2v) is 2.99. The Morgan fingerprint density at radius 3 is 2.91 bits per heavy atom. The van der Waals surface area contributed by atoms with Crippen molar-refractivity contribution in [1.29, 1.82) is 0 Å². The van der Waals surface area contributed by atoms with E-state index in [4.69, 9.17) is 0 Å². The smallest absolute Gasteiger partial charge is 0.0634 e. The zero-order chi connectivity index (χ0) is 8.27. The van der Waals surface area contributed by atoms with Crippen LogP contribution >= 0.6 is 0 Å². The van der Waals surface area contributed by atoms with Gasteiger partial charge in [-0.1, -0.05) is 18.2 Å². The topological polar surface area (TPSA) is 12.4 Å². The van der Waals surface area contributed by atoms with Crippen molar-refractivity contribution in [2.45, 2.75) is 13.8 Å². The standard InChI is InChI=1S/C10H13N/c1-8(2)4-10-5-9(3)6-11-7-10/h4-5,7H,3,6H2,1-2H3. The molecule has 0 aromatic carbocycles. The van der Waals surface area contributed by atoms with E-state index < -0.39 is 0 Å². The molecule has 0 amide bonds. The minimum atomic E-state index is 0.750. The second-order valence-electron chi connectivity index (χ2n) is 2.99. The summed E-state index contributed by atoms with van der Waals surface area (Å²) >= 11 is 0. The monoisotopic (exact) mass is 147 g/mol. The van der Waals surface area contributed by atoms with Crippen molar-refractivity contribution in [3.8, 4) is 0 Å². The minimum Gasteiger partial charge on any atom is -0.288 e. The van der Waals surface area contributed by atoms with Gasteiger partial charge in [0.05, 0.1) is 6.54 Å². The van der Waals surface area contributed by atoms with Crippen LogP contribution in [0.4, 0.5) is 0 Å². The molecule has 1 heterocycles. The lowest BCUT2D eigenvalue weighted by Gasteiger charge is -2.03. The molecule has 0 spiro atoms. The molecule has 0 aromatic rings. The first-order chi connectivity index (χ1) is 5.18. The molecule has 0 aliphatic carbocycles. The van der Waals surface area contributed by atoms with E-state index in [1.54, 1.807) is 0 Å². The lowest BCUT2D eigenvalue weighted by Crippen LogP contribution is -1.94. The van der Waals surface area contributed by atoms with Gasteiger partial charge < -0.3 is 0 Å². The van der Waals surface area contributed by atoms with Crippen LogP contribution in [0.3, 0.4) is 0 Å². The molecule has 0 saturated carbocycles. The van der Waals surface area contributed by atoms with Gasteiger partial charge in [-0.25, -0.2) is 0 Å². The first kappa shape index (κ1) is 7.99. The number of hydrogen-bond donors (Lipinski definition) is 0. The lowest BCUT2D eigenvalue weighted by atomic mass is 10.1. The molecule has 1 aliphatic rings. The van der Waals surface area contributed by atoms with Crippen molar-refractivity contribution in [2.75, 3.05) is 6.54 Å². The zero-order valence-corrected chi connectivity index (χ0v) is 7.09. The molecule has 0 saturated heterocycles. The van der Waals surface area contributed by atoms with Crippen LogP contribution in [-0.4, -0.2) is 12.8 Å². The molecule has 0 N–H and O–H groups in total. The first-order valence-electron chi connectivity index (χ1n) is 3.72. The summed E-state index contributed by atoms with van der Waals surface area (Å²) in [4.78, 5) is 4.16. The van der Waals surface area contributed by atoms with E-state index in [-0.39, 0.29) is 0 Å². The van der Waals surface area contributed by atoms with E-state index in [1.165, 1.54) is 5.57 Å². The van der Waals surface area contributed by atoms with Crippen LogP contribution in [-0.2, 0) is 0 Å². The fourth-order valence-corrected chi connectivity index (χ4v) is 0.999. The average Bonchev–Trinajstić information content (AvgIpc) is 1.85. The van der Waals surface area contributed by atoms with Gasteiger partial charge >= 0.3 is 0 Å². The summed E-state index contributed by atoms with van der Waals surface area (Å²) in [5, 5.41) is 0. The van der Waals surface area contributed by atoms with Crippen LogP contribution in [0, 0.1) is 0 Å². The van der Waals surface area contributed by atoms with Crippen LogP contribution in [0.2, 0.25) is 0 Å². The van der Waals surface area contributed by atoms with Gasteiger partial charge in [-0.15, -0.1) is 0 Å². The molecule has 1 heteroatoms. The van der Waals surface area contributed by atoms with Gasteiger partial charge in [0.2, 0.25) is 0 Å². The van der Waals surface area contributed by atoms with Crippen LogP contribution in [0.15, 0.2) is 40.4 Å². The maximum Gasteiger partial charge on any atom is 0.0634 e. The van der Waals surface area contributed by atoms with E-state index in [0.29, 0.717) is 0 Å². The molecule has 0 atom stereocenters. The Labute approximate surface area is 67.8 Å². The molecule has 1 nitrogen and oxygen atoms in total. The Balaban J connectivity index is 2.80. The number of allylic oxidation sites excluding steroid dienone is 3. The maximum atomic E-state index is 4.16. The Morgan fingerprint density at radius 2 is 2.36 bits per heavy atom. The molecule has 0 aromatic heterocycles. The largest absolute Gasteiger partial charge is 0.288 e. The highest BCUT2D eigenvalue weighted by Gasteiger charge is 1.96. The number of aliphatic imine (C=N–C) groups is 1. The maximum absolute atomic E-state index is 4.16. The highest BCUT2D eigenvalue weighted by atomic mass is 14.7. The number of hydrogen-bond acceptors (Lipinski definition) is 1. The molecule has 58 valence electrons. The van der Waals surface area contributed by atoms with E-state index >= 15 is 0 Å². The minimum absolute atomic E-state index is 0.750. The second kappa shape index (κ2) is 3.33. The third kappa shape index (κ3) is 2.54. The highest BCUT2D eigenvalue weighted by Crippen LogP contribution is 2.08. The summed E-state index contributed by atoms with van der Waals surface area (Å²) in [6, 6.07) is 0. The molecule has 0 unspecified atom stereocenters. The van der Waals surface area contributed by atoms with Crippen molar-refractivity contribution >= 4 is 6.21 Å². The van der Waals surface area contributed by atoms with E-state index in [1.807, 2.05) is 6.21 Å². The zero-order valence-electron chi connectivity index (χ0n) is 7.09. The molecule has 1 rings (SSSR count). The number of dihydropyridines is 1. The van der Waals surface area contributed by atoms with E-state index in [0.717, 1.165) is 17.7 Å². The molecule has 0 bridgehead atoms. The summed E-state index contributed by atoms with van der Waals surface area (Å²) < 4.78 is 0. The Hall–Kier alpha value is -1.11. The van der Waals surface area contributed by atoms with Gasteiger partial charge in [-0.3, -0.25) is 4.99 Å². The lowest BCUT2D eigenvalue weighted by molar-refractivity contribution is 1.18. The van der Waals surface area contributed by atoms with Crippen LogP contribution in [0.1, 0.15) is 13.8 Å². The molecular weight excluding hydrogens is 134 g/mol. The van der Waals surface area contributed by atoms with E-state index in [9.17, 15) is 0 Å². The summed E-state index contributed by atoms with van der Waals surface area (Å²) in [6.07, 6.45) is 6.06. The van der Waals surface area contributed by atoms with Crippen LogP contribution in [0.5, 0.6) is 0 Å². The molecule has 11 heavy (non-hydrogen) atoms.